The number of carbonyl (C=O) groups excluding carboxylic acids is 1. The first-order chi connectivity index (χ1) is 15.1. The first kappa shape index (κ1) is 23.8. The lowest BCUT2D eigenvalue weighted by molar-refractivity contribution is -0.119. The van der Waals surface area contributed by atoms with Crippen LogP contribution in [0, 0.1) is 13.8 Å². The molecule has 32 heavy (non-hydrogen) atoms. The fourth-order valence-corrected chi connectivity index (χ4v) is 4.50. The molecule has 0 fully saturated rings. The van der Waals surface area contributed by atoms with Gasteiger partial charge < -0.3 is 4.57 Å². The van der Waals surface area contributed by atoms with Crippen LogP contribution in [0.1, 0.15) is 17.0 Å². The highest BCUT2D eigenvalue weighted by atomic mass is 35.5. The summed E-state index contributed by atoms with van der Waals surface area (Å²) in [5, 5.41) is 5.11. The van der Waals surface area contributed by atoms with Gasteiger partial charge in [-0.15, -0.1) is 0 Å². The van der Waals surface area contributed by atoms with Crippen molar-refractivity contribution in [3.05, 3.63) is 81.6 Å². The van der Waals surface area contributed by atoms with Gasteiger partial charge in [-0.05, 0) is 50.2 Å². The Kier molecular flexibility index (Phi) is 7.28. The van der Waals surface area contributed by atoms with Gasteiger partial charge >= 0.3 is 0 Å². The maximum absolute atomic E-state index is 12.4. The first-order valence-corrected chi connectivity index (χ1v) is 12.2. The van der Waals surface area contributed by atoms with E-state index < -0.39 is 22.5 Å². The van der Waals surface area contributed by atoms with Gasteiger partial charge in [-0.2, -0.15) is 5.10 Å². The van der Waals surface area contributed by atoms with Crippen molar-refractivity contribution in [2.24, 2.45) is 5.10 Å². The van der Waals surface area contributed by atoms with E-state index in [1.165, 1.54) is 6.21 Å². The molecule has 2 aromatic carbocycles. The molecular weight excluding hydrogens is 471 g/mol. The summed E-state index contributed by atoms with van der Waals surface area (Å²) in [5.74, 6) is -0.567. The second kappa shape index (κ2) is 9.77. The molecule has 0 aliphatic carbocycles. The molecule has 168 valence electrons. The number of amides is 1. The maximum Gasteiger partial charge on any atom is 0.260 e. The SMILES string of the molecule is Cc1cc(/C=N/NC(=O)CN(c2ccccc2)S(C)(=O)=O)c(C)n1-c1cc(Cl)ccc1Cl. The van der Waals surface area contributed by atoms with E-state index in [2.05, 4.69) is 10.5 Å². The Balaban J connectivity index is 1.76. The smallest absolute Gasteiger partial charge is 0.260 e. The van der Waals surface area contributed by atoms with Crippen molar-refractivity contribution < 1.29 is 13.2 Å². The molecule has 0 aliphatic rings. The molecule has 0 radical (unpaired) electrons. The van der Waals surface area contributed by atoms with Gasteiger partial charge in [-0.25, -0.2) is 13.8 Å². The van der Waals surface area contributed by atoms with Gasteiger partial charge in [0.25, 0.3) is 5.91 Å². The highest BCUT2D eigenvalue weighted by molar-refractivity contribution is 7.92. The van der Waals surface area contributed by atoms with Crippen molar-refractivity contribution in [2.45, 2.75) is 13.8 Å². The molecule has 0 unspecified atom stereocenters. The lowest BCUT2D eigenvalue weighted by atomic mass is 10.2. The van der Waals surface area contributed by atoms with Crippen molar-refractivity contribution in [2.75, 3.05) is 17.1 Å². The quantitative estimate of drug-likeness (QED) is 0.393. The number of carbonyl (C=O) groups is 1. The van der Waals surface area contributed by atoms with Gasteiger partial charge in [0.1, 0.15) is 6.54 Å². The van der Waals surface area contributed by atoms with Crippen LogP contribution in [0.25, 0.3) is 5.69 Å². The number of para-hydroxylation sites is 1. The maximum atomic E-state index is 12.4. The standard InChI is InChI=1S/C22H22Cl2N4O3S/c1-15-11-17(16(2)28(15)21-12-18(23)9-10-20(21)24)13-25-26-22(29)14-27(32(3,30)31)19-7-5-4-6-8-19/h4-13H,14H2,1-3H3,(H,26,29)/b25-13+. The number of hydrogen-bond donors (Lipinski definition) is 1. The zero-order valence-corrected chi connectivity index (χ0v) is 20.0. The van der Waals surface area contributed by atoms with E-state index in [4.69, 9.17) is 23.2 Å². The van der Waals surface area contributed by atoms with Crippen LogP contribution in [0.2, 0.25) is 10.0 Å². The third-order valence-electron chi connectivity index (χ3n) is 4.74. The van der Waals surface area contributed by atoms with Crippen molar-refractivity contribution in [3.8, 4) is 5.69 Å². The first-order valence-electron chi connectivity index (χ1n) is 9.57. The molecule has 1 N–H and O–H groups in total. The Morgan fingerprint density at radius 1 is 1.12 bits per heavy atom. The molecule has 3 rings (SSSR count). The number of benzene rings is 2. The fraction of sp³-hybridized carbons (Fsp3) is 0.182. The minimum atomic E-state index is -3.64. The Hall–Kier alpha value is -2.81. The van der Waals surface area contributed by atoms with Gasteiger partial charge in [-0.3, -0.25) is 9.10 Å². The number of nitrogens with one attached hydrogen (secondary N) is 1. The Morgan fingerprint density at radius 2 is 1.81 bits per heavy atom. The minimum absolute atomic E-state index is 0.392. The number of rotatable bonds is 7. The lowest BCUT2D eigenvalue weighted by Gasteiger charge is -2.21. The van der Waals surface area contributed by atoms with Crippen LogP contribution in [0.15, 0.2) is 59.7 Å². The highest BCUT2D eigenvalue weighted by Crippen LogP contribution is 2.28. The summed E-state index contributed by atoms with van der Waals surface area (Å²) in [6, 6.07) is 15.5. The van der Waals surface area contributed by atoms with Crippen molar-refractivity contribution in [3.63, 3.8) is 0 Å². The van der Waals surface area contributed by atoms with Crippen molar-refractivity contribution >= 4 is 51.0 Å². The Bertz CT molecular complexity index is 1270. The monoisotopic (exact) mass is 492 g/mol. The molecule has 10 heteroatoms. The molecule has 3 aromatic rings. The van der Waals surface area contributed by atoms with E-state index in [1.807, 2.05) is 24.5 Å². The van der Waals surface area contributed by atoms with E-state index in [1.54, 1.807) is 48.5 Å². The fourth-order valence-electron chi connectivity index (χ4n) is 3.28. The minimum Gasteiger partial charge on any atom is -0.316 e. The highest BCUT2D eigenvalue weighted by Gasteiger charge is 2.20. The van der Waals surface area contributed by atoms with E-state index in [0.717, 1.165) is 33.2 Å². The van der Waals surface area contributed by atoms with Crippen LogP contribution in [-0.4, -0.2) is 37.9 Å². The van der Waals surface area contributed by atoms with Crippen LogP contribution in [0.3, 0.4) is 0 Å². The van der Waals surface area contributed by atoms with Crippen LogP contribution in [-0.2, 0) is 14.8 Å². The molecule has 1 amide bonds. The number of sulfonamides is 1. The third-order valence-corrected chi connectivity index (χ3v) is 6.44. The summed E-state index contributed by atoms with van der Waals surface area (Å²) >= 11 is 12.5. The van der Waals surface area contributed by atoms with Crippen LogP contribution < -0.4 is 9.73 Å². The summed E-state index contributed by atoms with van der Waals surface area (Å²) in [7, 11) is -3.64. The number of nitrogens with zero attached hydrogens (tertiary/aromatic N) is 3. The average Bonchev–Trinajstić information content (AvgIpc) is 3.01. The topological polar surface area (TPSA) is 83.8 Å². The van der Waals surface area contributed by atoms with Crippen molar-refractivity contribution in [1.29, 1.82) is 0 Å². The summed E-state index contributed by atoms with van der Waals surface area (Å²) in [6.45, 7) is 3.43. The van der Waals surface area contributed by atoms with Crippen LogP contribution in [0.4, 0.5) is 5.69 Å². The second-order valence-electron chi connectivity index (χ2n) is 7.16. The van der Waals surface area contributed by atoms with E-state index in [9.17, 15) is 13.2 Å². The van der Waals surface area contributed by atoms with Gasteiger partial charge in [0, 0.05) is 22.0 Å². The normalized spacial score (nSPS) is 11.7. The van der Waals surface area contributed by atoms with E-state index in [0.29, 0.717) is 15.7 Å². The summed E-state index contributed by atoms with van der Waals surface area (Å²) in [6.07, 6.45) is 2.55. The molecule has 0 bridgehead atoms. The zero-order valence-electron chi connectivity index (χ0n) is 17.7. The summed E-state index contributed by atoms with van der Waals surface area (Å²) in [4.78, 5) is 12.4. The zero-order chi connectivity index (χ0) is 23.5. The molecule has 0 atom stereocenters. The molecule has 1 aromatic heterocycles. The predicted molar refractivity (Wildman–Crippen MR) is 130 cm³/mol. The van der Waals surface area contributed by atoms with Gasteiger partial charge in [-0.1, -0.05) is 41.4 Å². The largest absolute Gasteiger partial charge is 0.316 e. The van der Waals surface area contributed by atoms with Crippen LogP contribution in [0.5, 0.6) is 0 Å². The predicted octanol–water partition coefficient (Wildman–Crippen LogP) is 4.32. The molecule has 1 heterocycles. The lowest BCUT2D eigenvalue weighted by Crippen LogP contribution is -2.38. The van der Waals surface area contributed by atoms with Crippen LogP contribution >= 0.6 is 23.2 Å². The third kappa shape index (κ3) is 5.51. The van der Waals surface area contributed by atoms with E-state index >= 15 is 0 Å². The molecular formula is C22H22Cl2N4O3S. The van der Waals surface area contributed by atoms with Gasteiger partial charge in [0.05, 0.1) is 28.9 Å². The number of aryl methyl sites for hydroxylation is 1. The number of hydrogen-bond acceptors (Lipinski definition) is 4. The molecule has 0 aliphatic heterocycles. The molecule has 0 saturated carbocycles. The summed E-state index contributed by atoms with van der Waals surface area (Å²) < 4.78 is 27.2. The Labute approximate surface area is 197 Å². The summed E-state index contributed by atoms with van der Waals surface area (Å²) in [5.41, 5.74) is 6.06. The van der Waals surface area contributed by atoms with Gasteiger partial charge in [0.15, 0.2) is 0 Å². The number of hydrazone groups is 1. The van der Waals surface area contributed by atoms with E-state index in [-0.39, 0.29) is 0 Å². The Morgan fingerprint density at radius 3 is 2.47 bits per heavy atom. The number of anilines is 1. The number of aromatic nitrogens is 1. The number of halogens is 2. The average molecular weight is 493 g/mol. The molecule has 7 nitrogen and oxygen atoms in total. The van der Waals surface area contributed by atoms with Crippen molar-refractivity contribution in [1.82, 2.24) is 9.99 Å². The second-order valence-corrected chi connectivity index (χ2v) is 9.91. The molecule has 0 saturated heterocycles. The molecule has 0 spiro atoms. The van der Waals surface area contributed by atoms with Gasteiger partial charge in [0.2, 0.25) is 10.0 Å².